The molecule has 1 aromatic rings. The quantitative estimate of drug-likeness (QED) is 0.297. The van der Waals surface area contributed by atoms with Crippen molar-refractivity contribution >= 4 is 38.5 Å². The summed E-state index contributed by atoms with van der Waals surface area (Å²) in [5.74, 6) is 0. The second kappa shape index (κ2) is 11.1. The molecule has 1 aromatic heterocycles. The van der Waals surface area contributed by atoms with Crippen LogP contribution in [0.4, 0.5) is 0 Å². The lowest BCUT2D eigenvalue weighted by atomic mass is 10.1. The molecule has 0 N–H and O–H groups in total. The van der Waals surface area contributed by atoms with E-state index >= 15 is 0 Å². The monoisotopic (exact) mass is 440 g/mol. The second-order valence-corrected chi connectivity index (χ2v) is 7.09. The molecule has 1 rings (SSSR count). The number of nitrogens with zero attached hydrogens (tertiary/aromatic N) is 2. The van der Waals surface area contributed by atoms with Crippen molar-refractivity contribution in [2.45, 2.75) is 77.7 Å². The smallest absolute Gasteiger partial charge is 0.137 e. The molecule has 0 fully saturated rings. The summed E-state index contributed by atoms with van der Waals surface area (Å²) < 4.78 is 4.22. The Hall–Kier alpha value is 0.420. The van der Waals surface area contributed by atoms with Crippen LogP contribution in [0.2, 0.25) is 0 Å². The average Bonchev–Trinajstić information content (AvgIpc) is 2.71. The minimum Gasteiger partial charge on any atom is -0.271 e. The van der Waals surface area contributed by atoms with E-state index in [-0.39, 0.29) is 0 Å². The first kappa shape index (κ1) is 17.5. The lowest BCUT2D eigenvalue weighted by molar-refractivity contribution is 0.514. The van der Waals surface area contributed by atoms with E-state index in [2.05, 4.69) is 61.4 Å². The van der Waals surface area contributed by atoms with Crippen molar-refractivity contribution in [2.75, 3.05) is 0 Å². The van der Waals surface area contributed by atoms with E-state index in [0.717, 1.165) is 14.7 Å². The minimum atomic E-state index is 1.05. The fourth-order valence-electron chi connectivity index (χ4n) is 2.25. The molecule has 0 atom stereocenters. The van der Waals surface area contributed by atoms with Crippen molar-refractivity contribution in [1.82, 2.24) is 9.78 Å². The van der Waals surface area contributed by atoms with Crippen LogP contribution in [0, 0.1) is 3.70 Å². The van der Waals surface area contributed by atoms with E-state index in [0.29, 0.717) is 0 Å². The van der Waals surface area contributed by atoms with Gasteiger partial charge in [-0.3, -0.25) is 4.68 Å². The van der Waals surface area contributed by atoms with Crippen molar-refractivity contribution in [3.05, 3.63) is 14.4 Å². The summed E-state index contributed by atoms with van der Waals surface area (Å²) in [5.41, 5.74) is 0. The Morgan fingerprint density at radius 3 is 2.00 bits per heavy atom. The third-order valence-corrected chi connectivity index (χ3v) is 5.53. The van der Waals surface area contributed by atoms with Gasteiger partial charge in [0.1, 0.15) is 3.70 Å². The van der Waals surface area contributed by atoms with Gasteiger partial charge in [-0.1, -0.05) is 64.7 Å². The Balaban J connectivity index is 1.88. The number of hydrogen-bond donors (Lipinski definition) is 0. The van der Waals surface area contributed by atoms with Crippen LogP contribution in [-0.4, -0.2) is 9.78 Å². The van der Waals surface area contributed by atoms with Gasteiger partial charge < -0.3 is 0 Å². The van der Waals surface area contributed by atoms with Crippen molar-refractivity contribution in [1.29, 1.82) is 0 Å². The summed E-state index contributed by atoms with van der Waals surface area (Å²) in [7, 11) is 0. The fraction of sp³-hybridized carbons (Fsp3) is 0.800. The van der Waals surface area contributed by atoms with E-state index in [1.165, 1.54) is 64.2 Å². The Kier molecular flexibility index (Phi) is 10.2. The van der Waals surface area contributed by atoms with Gasteiger partial charge in [-0.05, 0) is 44.9 Å². The Labute approximate surface area is 140 Å². The van der Waals surface area contributed by atoms with E-state index in [4.69, 9.17) is 0 Å². The van der Waals surface area contributed by atoms with E-state index < -0.39 is 0 Å². The third kappa shape index (κ3) is 8.33. The summed E-state index contributed by atoms with van der Waals surface area (Å²) in [6, 6.07) is 0. The predicted octanol–water partition coefficient (Wildman–Crippen LogP) is 6.17. The van der Waals surface area contributed by atoms with Gasteiger partial charge in [0.2, 0.25) is 0 Å². The van der Waals surface area contributed by atoms with Gasteiger partial charge in [-0.15, -0.1) is 0 Å². The van der Waals surface area contributed by atoms with Gasteiger partial charge >= 0.3 is 0 Å². The minimum absolute atomic E-state index is 1.05. The molecular formula is C15H26BrIN2. The summed E-state index contributed by atoms with van der Waals surface area (Å²) in [6.45, 7) is 3.33. The van der Waals surface area contributed by atoms with E-state index in [1.807, 2.05) is 0 Å². The molecule has 0 unspecified atom stereocenters. The maximum atomic E-state index is 4.44. The van der Waals surface area contributed by atoms with Crippen molar-refractivity contribution < 1.29 is 0 Å². The zero-order valence-corrected chi connectivity index (χ0v) is 15.7. The van der Waals surface area contributed by atoms with Crippen molar-refractivity contribution in [3.63, 3.8) is 0 Å². The number of unbranched alkanes of at least 4 members (excludes halogenated alkanes) is 9. The zero-order chi connectivity index (χ0) is 13.9. The number of rotatable bonds is 11. The molecule has 0 saturated carbocycles. The van der Waals surface area contributed by atoms with Crippen LogP contribution in [-0.2, 0) is 6.54 Å². The van der Waals surface area contributed by atoms with Crippen LogP contribution in [0.1, 0.15) is 71.1 Å². The first-order valence-electron chi connectivity index (χ1n) is 7.62. The molecule has 2 nitrogen and oxygen atoms in total. The number of hydrogen-bond acceptors (Lipinski definition) is 1. The van der Waals surface area contributed by atoms with Gasteiger partial charge in [-0.2, -0.15) is 5.10 Å². The molecule has 0 spiro atoms. The van der Waals surface area contributed by atoms with Crippen LogP contribution in [0.3, 0.4) is 0 Å². The largest absolute Gasteiger partial charge is 0.271 e. The second-order valence-electron chi connectivity index (χ2n) is 5.21. The van der Waals surface area contributed by atoms with Crippen LogP contribution in [0.15, 0.2) is 10.7 Å². The first-order chi connectivity index (χ1) is 9.24. The predicted molar refractivity (Wildman–Crippen MR) is 94.5 cm³/mol. The zero-order valence-electron chi connectivity index (χ0n) is 12.0. The molecular weight excluding hydrogens is 415 g/mol. The highest BCUT2D eigenvalue weighted by atomic mass is 127. The third-order valence-electron chi connectivity index (χ3n) is 3.42. The summed E-state index contributed by atoms with van der Waals surface area (Å²) in [5, 5.41) is 4.44. The van der Waals surface area contributed by atoms with E-state index in [9.17, 15) is 0 Å². The molecule has 0 aliphatic heterocycles. The molecule has 19 heavy (non-hydrogen) atoms. The highest BCUT2D eigenvalue weighted by Crippen LogP contribution is 2.17. The molecule has 0 aromatic carbocycles. The maximum absolute atomic E-state index is 4.44. The normalized spacial score (nSPS) is 11.1. The number of aryl methyl sites for hydroxylation is 1. The van der Waals surface area contributed by atoms with Gasteiger partial charge in [0.05, 0.1) is 4.47 Å². The Morgan fingerprint density at radius 1 is 1.00 bits per heavy atom. The van der Waals surface area contributed by atoms with Gasteiger partial charge in [-0.25, -0.2) is 0 Å². The molecule has 0 bridgehead atoms. The molecule has 0 aliphatic rings. The molecule has 0 saturated heterocycles. The van der Waals surface area contributed by atoms with Crippen LogP contribution in [0.5, 0.6) is 0 Å². The molecule has 110 valence electrons. The Morgan fingerprint density at radius 2 is 1.53 bits per heavy atom. The van der Waals surface area contributed by atoms with Crippen LogP contribution in [0.25, 0.3) is 0 Å². The van der Waals surface area contributed by atoms with Gasteiger partial charge in [0.25, 0.3) is 0 Å². The van der Waals surface area contributed by atoms with Crippen molar-refractivity contribution in [3.8, 4) is 0 Å². The van der Waals surface area contributed by atoms with Crippen LogP contribution < -0.4 is 0 Å². The molecule has 1 heterocycles. The lowest BCUT2D eigenvalue weighted by Crippen LogP contribution is -1.98. The number of halogens is 2. The molecule has 0 aliphatic carbocycles. The van der Waals surface area contributed by atoms with E-state index in [1.54, 1.807) is 0 Å². The number of aromatic nitrogens is 2. The first-order valence-corrected chi connectivity index (χ1v) is 9.49. The molecule has 0 radical (unpaired) electrons. The van der Waals surface area contributed by atoms with Gasteiger partial charge in [0.15, 0.2) is 0 Å². The molecule has 4 heteroatoms. The topological polar surface area (TPSA) is 17.8 Å². The molecule has 0 amide bonds. The van der Waals surface area contributed by atoms with Gasteiger partial charge in [0, 0.05) is 12.7 Å². The fourth-order valence-corrected chi connectivity index (χ4v) is 2.98. The lowest BCUT2D eigenvalue weighted by Gasteiger charge is -2.03. The summed E-state index contributed by atoms with van der Waals surface area (Å²) in [4.78, 5) is 0. The maximum Gasteiger partial charge on any atom is 0.137 e. The highest BCUT2D eigenvalue weighted by Gasteiger charge is 2.01. The average molecular weight is 441 g/mol. The van der Waals surface area contributed by atoms with Crippen molar-refractivity contribution in [2.24, 2.45) is 0 Å². The Bertz CT molecular complexity index is 319. The van der Waals surface area contributed by atoms with Crippen LogP contribution >= 0.6 is 38.5 Å². The highest BCUT2D eigenvalue weighted by molar-refractivity contribution is 14.1. The summed E-state index contributed by atoms with van der Waals surface area (Å²) in [6.07, 6.45) is 16.0. The standard InChI is InChI=1S/C15H26BrIN2/c1-2-3-4-5-6-7-8-9-10-11-12-19-13-14(16)15(17)18-19/h13H,2-12H2,1H3. The SMILES string of the molecule is CCCCCCCCCCCCn1cc(Br)c(I)n1. The summed E-state index contributed by atoms with van der Waals surface area (Å²) >= 11 is 5.75.